The minimum absolute atomic E-state index is 0.312. The minimum Gasteiger partial charge on any atom is -0.378 e. The molecule has 5 nitrogen and oxygen atoms in total. The topological polar surface area (TPSA) is 54.5 Å². The molecule has 1 fully saturated rings. The van der Waals surface area contributed by atoms with Crippen molar-refractivity contribution in [1.82, 2.24) is 4.98 Å². The standard InChI is InChI=1S/C16H15Cl2N3O2/c17-12-2-1-3-13(15(12)18)20-16(22)14-10-11(4-5-19-14)21-6-8-23-9-7-21/h1-5,10H,6-9H2,(H,20,22). The fraction of sp³-hybridized carbons (Fsp3) is 0.250. The van der Waals surface area contributed by atoms with Gasteiger partial charge in [-0.3, -0.25) is 9.78 Å². The molecule has 1 aromatic heterocycles. The molecule has 0 saturated carbocycles. The summed E-state index contributed by atoms with van der Waals surface area (Å²) in [6.07, 6.45) is 1.62. The SMILES string of the molecule is O=C(Nc1cccc(Cl)c1Cl)c1cc(N2CCOCC2)ccn1. The summed E-state index contributed by atoms with van der Waals surface area (Å²) in [7, 11) is 0. The van der Waals surface area contributed by atoms with Gasteiger partial charge in [0.15, 0.2) is 0 Å². The molecule has 1 amide bonds. The van der Waals surface area contributed by atoms with Crippen LogP contribution >= 0.6 is 23.2 Å². The van der Waals surface area contributed by atoms with Gasteiger partial charge < -0.3 is 15.0 Å². The summed E-state index contributed by atoms with van der Waals surface area (Å²) in [6, 6.07) is 8.73. The maximum atomic E-state index is 12.4. The van der Waals surface area contributed by atoms with Crippen LogP contribution < -0.4 is 10.2 Å². The third-order valence-electron chi connectivity index (χ3n) is 3.55. The highest BCUT2D eigenvalue weighted by atomic mass is 35.5. The fourth-order valence-electron chi connectivity index (χ4n) is 2.35. The van der Waals surface area contributed by atoms with E-state index in [1.165, 1.54) is 0 Å². The molecule has 1 aliphatic heterocycles. The summed E-state index contributed by atoms with van der Waals surface area (Å²) in [4.78, 5) is 18.7. The highest BCUT2D eigenvalue weighted by Gasteiger charge is 2.15. The van der Waals surface area contributed by atoms with Gasteiger partial charge in [-0.1, -0.05) is 29.3 Å². The van der Waals surface area contributed by atoms with Crippen molar-refractivity contribution >= 4 is 40.5 Å². The van der Waals surface area contributed by atoms with Gasteiger partial charge in [0.1, 0.15) is 5.69 Å². The van der Waals surface area contributed by atoms with Crippen LogP contribution in [0, 0.1) is 0 Å². The van der Waals surface area contributed by atoms with E-state index in [0.717, 1.165) is 18.8 Å². The van der Waals surface area contributed by atoms with Gasteiger partial charge in [0.2, 0.25) is 0 Å². The zero-order valence-electron chi connectivity index (χ0n) is 12.3. The van der Waals surface area contributed by atoms with Crippen molar-refractivity contribution in [2.75, 3.05) is 36.5 Å². The number of amides is 1. The Hall–Kier alpha value is -1.82. The Morgan fingerprint density at radius 3 is 2.78 bits per heavy atom. The number of rotatable bonds is 3. The summed E-state index contributed by atoms with van der Waals surface area (Å²) in [5.41, 5.74) is 1.73. The van der Waals surface area contributed by atoms with Crippen LogP contribution in [0.2, 0.25) is 10.0 Å². The Labute approximate surface area is 144 Å². The Kier molecular flexibility index (Phi) is 5.00. The van der Waals surface area contributed by atoms with Gasteiger partial charge in [-0.05, 0) is 24.3 Å². The minimum atomic E-state index is -0.329. The molecule has 1 aliphatic rings. The van der Waals surface area contributed by atoms with E-state index in [-0.39, 0.29) is 5.91 Å². The number of benzene rings is 1. The van der Waals surface area contributed by atoms with Gasteiger partial charge in [-0.2, -0.15) is 0 Å². The molecule has 120 valence electrons. The van der Waals surface area contributed by atoms with E-state index in [4.69, 9.17) is 27.9 Å². The van der Waals surface area contributed by atoms with Crippen molar-refractivity contribution in [3.63, 3.8) is 0 Å². The van der Waals surface area contributed by atoms with Gasteiger partial charge >= 0.3 is 0 Å². The molecule has 2 aromatic rings. The number of hydrogen-bond donors (Lipinski definition) is 1. The normalized spacial score (nSPS) is 14.6. The Bertz CT molecular complexity index is 718. The quantitative estimate of drug-likeness (QED) is 0.919. The number of hydrogen-bond acceptors (Lipinski definition) is 4. The highest BCUT2D eigenvalue weighted by molar-refractivity contribution is 6.44. The van der Waals surface area contributed by atoms with Crippen LogP contribution in [0.4, 0.5) is 11.4 Å². The number of nitrogens with zero attached hydrogens (tertiary/aromatic N) is 2. The van der Waals surface area contributed by atoms with Gasteiger partial charge in [-0.25, -0.2) is 0 Å². The van der Waals surface area contributed by atoms with Crippen LogP contribution in [0.5, 0.6) is 0 Å². The lowest BCUT2D eigenvalue weighted by molar-refractivity contribution is 0.102. The van der Waals surface area contributed by atoms with Crippen LogP contribution in [0.3, 0.4) is 0 Å². The van der Waals surface area contributed by atoms with Crippen molar-refractivity contribution in [2.24, 2.45) is 0 Å². The maximum Gasteiger partial charge on any atom is 0.274 e. The monoisotopic (exact) mass is 351 g/mol. The number of ether oxygens (including phenoxy) is 1. The predicted octanol–water partition coefficient (Wildman–Crippen LogP) is 3.48. The van der Waals surface area contributed by atoms with Crippen molar-refractivity contribution in [3.8, 4) is 0 Å². The lowest BCUT2D eigenvalue weighted by Gasteiger charge is -2.28. The van der Waals surface area contributed by atoms with E-state index in [2.05, 4.69) is 15.2 Å². The van der Waals surface area contributed by atoms with Crippen molar-refractivity contribution in [2.45, 2.75) is 0 Å². The van der Waals surface area contributed by atoms with Crippen LogP contribution in [0.15, 0.2) is 36.5 Å². The third-order valence-corrected chi connectivity index (χ3v) is 4.37. The van der Waals surface area contributed by atoms with E-state index in [1.54, 1.807) is 30.5 Å². The lowest BCUT2D eigenvalue weighted by Crippen LogP contribution is -2.36. The Morgan fingerprint density at radius 1 is 1.22 bits per heavy atom. The molecule has 7 heteroatoms. The van der Waals surface area contributed by atoms with E-state index < -0.39 is 0 Å². The zero-order chi connectivity index (χ0) is 16.2. The zero-order valence-corrected chi connectivity index (χ0v) is 13.8. The summed E-state index contributed by atoms with van der Waals surface area (Å²) in [5, 5.41) is 3.44. The second-order valence-electron chi connectivity index (χ2n) is 5.05. The predicted molar refractivity (Wildman–Crippen MR) is 91.7 cm³/mol. The van der Waals surface area contributed by atoms with Gasteiger partial charge in [0.05, 0.1) is 28.9 Å². The summed E-state index contributed by atoms with van der Waals surface area (Å²) < 4.78 is 5.34. The van der Waals surface area contributed by atoms with E-state index in [1.807, 2.05) is 6.07 Å². The summed E-state index contributed by atoms with van der Waals surface area (Å²) in [6.45, 7) is 2.96. The fourth-order valence-corrected chi connectivity index (χ4v) is 2.70. The van der Waals surface area contributed by atoms with Crippen LogP contribution in [0.25, 0.3) is 0 Å². The average Bonchev–Trinajstić information content (AvgIpc) is 2.60. The van der Waals surface area contributed by atoms with Crippen molar-refractivity contribution in [3.05, 3.63) is 52.3 Å². The van der Waals surface area contributed by atoms with Gasteiger partial charge in [-0.15, -0.1) is 0 Å². The second-order valence-corrected chi connectivity index (χ2v) is 5.84. The molecule has 0 unspecified atom stereocenters. The van der Waals surface area contributed by atoms with Crippen molar-refractivity contribution in [1.29, 1.82) is 0 Å². The summed E-state index contributed by atoms with van der Waals surface area (Å²) in [5.74, 6) is -0.329. The number of anilines is 2. The highest BCUT2D eigenvalue weighted by Crippen LogP contribution is 2.29. The van der Waals surface area contributed by atoms with Crippen molar-refractivity contribution < 1.29 is 9.53 Å². The van der Waals surface area contributed by atoms with Crippen LogP contribution in [-0.4, -0.2) is 37.2 Å². The molecule has 3 rings (SSSR count). The van der Waals surface area contributed by atoms with E-state index >= 15 is 0 Å². The molecule has 2 heterocycles. The molecular formula is C16H15Cl2N3O2. The van der Waals surface area contributed by atoms with E-state index in [0.29, 0.717) is 34.6 Å². The number of halogens is 2. The molecule has 1 N–H and O–H groups in total. The molecule has 0 radical (unpaired) electrons. The first-order chi connectivity index (χ1) is 11.1. The number of aromatic nitrogens is 1. The number of pyridine rings is 1. The van der Waals surface area contributed by atoms with Gasteiger partial charge in [0, 0.05) is 25.0 Å². The first-order valence-electron chi connectivity index (χ1n) is 7.19. The molecule has 0 spiro atoms. The Balaban J connectivity index is 1.78. The number of carbonyl (C=O) groups excluding carboxylic acids is 1. The summed E-state index contributed by atoms with van der Waals surface area (Å²) >= 11 is 12.0. The average molecular weight is 352 g/mol. The number of nitrogens with one attached hydrogen (secondary N) is 1. The first-order valence-corrected chi connectivity index (χ1v) is 7.95. The van der Waals surface area contributed by atoms with E-state index in [9.17, 15) is 4.79 Å². The molecular weight excluding hydrogens is 337 g/mol. The molecule has 1 aromatic carbocycles. The smallest absolute Gasteiger partial charge is 0.274 e. The first kappa shape index (κ1) is 16.1. The van der Waals surface area contributed by atoms with Crippen LogP contribution in [-0.2, 0) is 4.74 Å². The third kappa shape index (κ3) is 3.75. The molecule has 0 aliphatic carbocycles. The molecule has 23 heavy (non-hydrogen) atoms. The van der Waals surface area contributed by atoms with Crippen LogP contribution in [0.1, 0.15) is 10.5 Å². The largest absolute Gasteiger partial charge is 0.378 e. The molecule has 0 bridgehead atoms. The maximum absolute atomic E-state index is 12.4. The number of morpholine rings is 1. The Morgan fingerprint density at radius 2 is 2.00 bits per heavy atom. The molecule has 1 saturated heterocycles. The lowest BCUT2D eigenvalue weighted by atomic mass is 10.2. The number of carbonyl (C=O) groups is 1. The second kappa shape index (κ2) is 7.17. The molecule has 0 atom stereocenters. The van der Waals surface area contributed by atoms with Gasteiger partial charge in [0.25, 0.3) is 5.91 Å².